The number of carbonyl (C=O) groups is 5. The summed E-state index contributed by atoms with van der Waals surface area (Å²) in [6, 6.07) is 8.49. The van der Waals surface area contributed by atoms with Gasteiger partial charge in [0.1, 0.15) is 17.4 Å². The van der Waals surface area contributed by atoms with E-state index >= 15 is 0 Å². The molecule has 0 aromatic heterocycles. The molecule has 0 saturated carbocycles. The molecule has 1 aliphatic heterocycles. The van der Waals surface area contributed by atoms with Gasteiger partial charge in [0.15, 0.2) is 0 Å². The predicted octanol–water partition coefficient (Wildman–Crippen LogP) is 2.75. The minimum Gasteiger partial charge on any atom is -0.458 e. The second kappa shape index (κ2) is 12.3. The Morgan fingerprint density at radius 1 is 1.00 bits per heavy atom. The Kier molecular flexibility index (Phi) is 9.71. The van der Waals surface area contributed by atoms with Crippen LogP contribution in [0.4, 0.5) is 0 Å². The molecule has 1 aliphatic rings. The molecule has 1 aromatic rings. The zero-order valence-electron chi connectivity index (χ0n) is 20.3. The van der Waals surface area contributed by atoms with E-state index in [0.717, 1.165) is 10.5 Å². The van der Waals surface area contributed by atoms with Crippen LogP contribution in [0.15, 0.2) is 42.5 Å². The fourth-order valence-electron chi connectivity index (χ4n) is 3.68. The number of carbonyl (C=O) groups excluding carboxylic acids is 5. The van der Waals surface area contributed by atoms with Gasteiger partial charge < -0.3 is 14.8 Å². The third-order valence-electron chi connectivity index (χ3n) is 5.26. The van der Waals surface area contributed by atoms with Crippen LogP contribution in [0, 0.1) is 5.92 Å². The van der Waals surface area contributed by atoms with Crippen LogP contribution in [0.3, 0.4) is 0 Å². The number of rotatable bonds is 12. The third-order valence-corrected chi connectivity index (χ3v) is 5.26. The largest absolute Gasteiger partial charge is 0.458 e. The number of esters is 1. The summed E-state index contributed by atoms with van der Waals surface area (Å²) in [5.41, 5.74) is 0.189. The molecule has 2 atom stereocenters. The van der Waals surface area contributed by atoms with E-state index < -0.39 is 23.5 Å². The molecule has 184 valence electrons. The van der Waals surface area contributed by atoms with Gasteiger partial charge in [-0.1, -0.05) is 30.3 Å². The number of hydrogen-bond acceptors (Lipinski definition) is 6. The van der Waals surface area contributed by atoms with Crippen LogP contribution < -0.4 is 5.32 Å². The van der Waals surface area contributed by atoms with Crippen molar-refractivity contribution in [3.63, 3.8) is 0 Å². The number of imide groups is 1. The predicted molar refractivity (Wildman–Crippen MR) is 126 cm³/mol. The molecule has 3 amide bonds. The summed E-state index contributed by atoms with van der Waals surface area (Å²) in [7, 11) is 0. The maximum Gasteiger partial charge on any atom is 0.329 e. The highest BCUT2D eigenvalue weighted by atomic mass is 16.6. The fraction of sp³-hybridized carbons (Fsp3) is 0.500. The summed E-state index contributed by atoms with van der Waals surface area (Å²) in [5.74, 6) is -2.37. The van der Waals surface area contributed by atoms with Crippen molar-refractivity contribution < 1.29 is 28.7 Å². The van der Waals surface area contributed by atoms with Crippen molar-refractivity contribution in [2.45, 2.75) is 71.4 Å². The molecular weight excluding hydrogens is 436 g/mol. The molecule has 2 rings (SSSR count). The summed E-state index contributed by atoms with van der Waals surface area (Å²) in [6.45, 7) is 6.91. The van der Waals surface area contributed by atoms with E-state index in [4.69, 9.17) is 4.74 Å². The lowest BCUT2D eigenvalue weighted by molar-refractivity contribution is -0.159. The van der Waals surface area contributed by atoms with Gasteiger partial charge in [-0.2, -0.15) is 0 Å². The van der Waals surface area contributed by atoms with Crippen molar-refractivity contribution in [3.05, 3.63) is 48.0 Å². The minimum atomic E-state index is -0.903. The Bertz CT molecular complexity index is 914. The van der Waals surface area contributed by atoms with Gasteiger partial charge in [0.25, 0.3) is 11.8 Å². The molecule has 8 nitrogen and oxygen atoms in total. The Hall–Kier alpha value is -3.29. The van der Waals surface area contributed by atoms with Crippen LogP contribution in [0.25, 0.3) is 0 Å². The normalized spacial score (nSPS) is 15.2. The summed E-state index contributed by atoms with van der Waals surface area (Å²) >= 11 is 0. The van der Waals surface area contributed by atoms with E-state index in [1.807, 2.05) is 30.3 Å². The van der Waals surface area contributed by atoms with Gasteiger partial charge in [-0.25, -0.2) is 4.79 Å². The number of ether oxygens (including phenoxy) is 1. The molecule has 34 heavy (non-hydrogen) atoms. The highest BCUT2D eigenvalue weighted by molar-refractivity contribution is 6.12. The van der Waals surface area contributed by atoms with Gasteiger partial charge in [0.2, 0.25) is 5.91 Å². The van der Waals surface area contributed by atoms with Crippen LogP contribution in [-0.2, 0) is 35.1 Å². The molecule has 0 spiro atoms. The lowest BCUT2D eigenvalue weighted by Crippen LogP contribution is -2.47. The van der Waals surface area contributed by atoms with Crippen molar-refractivity contribution >= 4 is 29.5 Å². The van der Waals surface area contributed by atoms with Crippen LogP contribution in [-0.4, -0.2) is 52.6 Å². The van der Waals surface area contributed by atoms with Crippen molar-refractivity contribution in [2.24, 2.45) is 5.92 Å². The SMILES string of the molecule is CC(=O)C[C@@H](Cc1ccccc1)C(=O)N[C@@H](CCCCN1C(=O)C=CC1=O)C(=O)OC(C)(C)C. The van der Waals surface area contributed by atoms with E-state index in [1.54, 1.807) is 20.8 Å². The first-order chi connectivity index (χ1) is 16.0. The van der Waals surface area contributed by atoms with Crippen LogP contribution in [0.5, 0.6) is 0 Å². The van der Waals surface area contributed by atoms with Gasteiger partial charge in [0, 0.05) is 31.0 Å². The smallest absolute Gasteiger partial charge is 0.329 e. The average molecular weight is 471 g/mol. The second-order valence-corrected chi connectivity index (χ2v) is 9.54. The Morgan fingerprint density at radius 2 is 1.62 bits per heavy atom. The fourth-order valence-corrected chi connectivity index (χ4v) is 3.68. The average Bonchev–Trinajstić information content (AvgIpc) is 3.06. The summed E-state index contributed by atoms with van der Waals surface area (Å²) in [5, 5.41) is 2.79. The van der Waals surface area contributed by atoms with Crippen molar-refractivity contribution in [2.75, 3.05) is 6.54 Å². The Balaban J connectivity index is 2.04. The molecule has 1 N–H and O–H groups in total. The molecule has 0 aliphatic carbocycles. The first-order valence-electron chi connectivity index (χ1n) is 11.6. The number of benzene rings is 1. The topological polar surface area (TPSA) is 110 Å². The number of Topliss-reactive ketones (excluding diaryl/α,β-unsaturated/α-hetero) is 1. The van der Waals surface area contributed by atoms with Crippen LogP contribution >= 0.6 is 0 Å². The maximum absolute atomic E-state index is 13.1. The van der Waals surface area contributed by atoms with Gasteiger partial charge in [-0.15, -0.1) is 0 Å². The molecule has 0 bridgehead atoms. The van der Waals surface area contributed by atoms with Crippen molar-refractivity contribution in [1.29, 1.82) is 0 Å². The first-order valence-corrected chi connectivity index (χ1v) is 11.6. The van der Waals surface area contributed by atoms with E-state index in [9.17, 15) is 24.0 Å². The lowest BCUT2D eigenvalue weighted by atomic mass is 9.93. The van der Waals surface area contributed by atoms with Crippen LogP contribution in [0.1, 0.15) is 58.9 Å². The zero-order chi connectivity index (χ0) is 25.3. The monoisotopic (exact) mass is 470 g/mol. The van der Waals surface area contributed by atoms with E-state index in [1.165, 1.54) is 19.1 Å². The number of amides is 3. The summed E-state index contributed by atoms with van der Waals surface area (Å²) in [4.78, 5) is 62.3. The lowest BCUT2D eigenvalue weighted by Gasteiger charge is -2.26. The zero-order valence-corrected chi connectivity index (χ0v) is 20.3. The Morgan fingerprint density at radius 3 is 2.18 bits per heavy atom. The number of ketones is 1. The van der Waals surface area contributed by atoms with Gasteiger partial charge in [-0.05, 0) is 58.9 Å². The van der Waals surface area contributed by atoms with E-state index in [-0.39, 0.29) is 42.9 Å². The van der Waals surface area contributed by atoms with E-state index in [0.29, 0.717) is 19.3 Å². The quantitative estimate of drug-likeness (QED) is 0.286. The Labute approximate surface area is 200 Å². The third kappa shape index (κ3) is 8.92. The molecule has 0 fully saturated rings. The second-order valence-electron chi connectivity index (χ2n) is 9.54. The number of nitrogens with one attached hydrogen (secondary N) is 1. The van der Waals surface area contributed by atoms with Crippen LogP contribution in [0.2, 0.25) is 0 Å². The van der Waals surface area contributed by atoms with E-state index in [2.05, 4.69) is 5.32 Å². The van der Waals surface area contributed by atoms with Gasteiger partial charge in [0.05, 0.1) is 0 Å². The molecule has 1 heterocycles. The number of nitrogens with zero attached hydrogens (tertiary/aromatic N) is 1. The van der Waals surface area contributed by atoms with Crippen molar-refractivity contribution in [3.8, 4) is 0 Å². The molecule has 8 heteroatoms. The standard InChI is InChI=1S/C26H34N2O6/c1-18(29)16-20(17-19-10-6-5-7-11-19)24(32)27-21(25(33)34-26(2,3)4)12-8-9-15-28-22(30)13-14-23(28)31/h5-7,10-11,13-14,20-21H,8-9,12,15-17H2,1-4H3,(H,27,32)/t20-,21-/m0/s1. The highest BCUT2D eigenvalue weighted by Crippen LogP contribution is 2.17. The van der Waals surface area contributed by atoms with Gasteiger partial charge in [-0.3, -0.25) is 19.3 Å². The van der Waals surface area contributed by atoms with Crippen molar-refractivity contribution in [1.82, 2.24) is 10.2 Å². The van der Waals surface area contributed by atoms with Gasteiger partial charge >= 0.3 is 5.97 Å². The highest BCUT2D eigenvalue weighted by Gasteiger charge is 2.30. The maximum atomic E-state index is 13.1. The molecule has 1 aromatic carbocycles. The number of unbranched alkanes of at least 4 members (excludes halogenated alkanes) is 1. The summed E-state index contributed by atoms with van der Waals surface area (Å²) in [6.07, 6.45) is 4.14. The number of hydrogen-bond donors (Lipinski definition) is 1. The molecular formula is C26H34N2O6. The first kappa shape index (κ1) is 27.0. The molecule has 0 saturated heterocycles. The molecule has 0 radical (unpaired) electrons. The minimum absolute atomic E-state index is 0.0634. The molecule has 0 unspecified atom stereocenters. The summed E-state index contributed by atoms with van der Waals surface area (Å²) < 4.78 is 5.50.